The largest absolute Gasteiger partial charge is 0.493 e. The molecule has 1 saturated heterocycles. The minimum Gasteiger partial charge on any atom is -0.493 e. The van der Waals surface area contributed by atoms with Crippen molar-refractivity contribution < 1.29 is 23.8 Å². The van der Waals surface area contributed by atoms with E-state index in [-0.39, 0.29) is 17.8 Å². The number of ketones is 1. The molecule has 0 aliphatic carbocycles. The van der Waals surface area contributed by atoms with Crippen LogP contribution >= 0.6 is 22.9 Å². The molecule has 6 nitrogen and oxygen atoms in total. The highest BCUT2D eigenvalue weighted by Gasteiger charge is 2.26. The van der Waals surface area contributed by atoms with Crippen LogP contribution in [0.25, 0.3) is 10.1 Å². The van der Waals surface area contributed by atoms with Gasteiger partial charge in [-0.3, -0.25) is 4.79 Å². The summed E-state index contributed by atoms with van der Waals surface area (Å²) in [6.07, 6.45) is 1.27. The molecule has 1 aliphatic heterocycles. The van der Waals surface area contributed by atoms with Crippen molar-refractivity contribution in [2.75, 3.05) is 33.4 Å². The Morgan fingerprint density at radius 2 is 2.06 bits per heavy atom. The van der Waals surface area contributed by atoms with E-state index in [1.807, 2.05) is 46.7 Å². The maximum atomic E-state index is 13.0. The summed E-state index contributed by atoms with van der Waals surface area (Å²) in [5.74, 6) is 1.46. The number of hydrogen-bond acceptors (Lipinski definition) is 6. The van der Waals surface area contributed by atoms with Gasteiger partial charge >= 0.3 is 0 Å². The van der Waals surface area contributed by atoms with Crippen molar-refractivity contribution in [3.05, 3.63) is 57.9 Å². The first-order valence-electron chi connectivity index (χ1n) is 11.3. The normalized spacial score (nSPS) is 16.0. The molecule has 0 radical (unpaired) electrons. The smallest absolute Gasteiger partial charge is 0.227 e. The molecule has 34 heavy (non-hydrogen) atoms. The lowest BCUT2D eigenvalue weighted by atomic mass is 10.1. The van der Waals surface area contributed by atoms with Crippen LogP contribution in [-0.2, 0) is 27.2 Å². The fourth-order valence-electron chi connectivity index (χ4n) is 4.00. The van der Waals surface area contributed by atoms with Crippen molar-refractivity contribution in [2.24, 2.45) is 0 Å². The number of nitrogens with zero attached hydrogens (tertiary/aromatic N) is 1. The first-order chi connectivity index (χ1) is 16.4. The minimum atomic E-state index is -0.228. The number of methoxy groups -OCH3 is 1. The van der Waals surface area contributed by atoms with E-state index in [0.29, 0.717) is 62.1 Å². The molecule has 1 aliphatic rings. The van der Waals surface area contributed by atoms with E-state index in [4.69, 9.17) is 25.8 Å². The highest BCUT2D eigenvalue weighted by Crippen LogP contribution is 2.30. The van der Waals surface area contributed by atoms with E-state index in [1.54, 1.807) is 25.4 Å². The first-order valence-corrected chi connectivity index (χ1v) is 12.5. The van der Waals surface area contributed by atoms with Crippen LogP contribution in [-0.4, -0.2) is 56.1 Å². The van der Waals surface area contributed by atoms with Crippen LogP contribution in [0.4, 0.5) is 0 Å². The van der Waals surface area contributed by atoms with Crippen molar-refractivity contribution in [1.82, 2.24) is 4.90 Å². The molecule has 2 heterocycles. The lowest BCUT2D eigenvalue weighted by Crippen LogP contribution is -2.48. The topological polar surface area (TPSA) is 65.1 Å². The molecule has 0 saturated carbocycles. The number of ether oxygens (including phenoxy) is 3. The molecule has 1 atom stereocenters. The van der Waals surface area contributed by atoms with Crippen molar-refractivity contribution >= 4 is 44.7 Å². The molecule has 1 amide bonds. The van der Waals surface area contributed by atoms with E-state index in [0.717, 1.165) is 21.2 Å². The van der Waals surface area contributed by atoms with Crippen molar-refractivity contribution in [3.63, 3.8) is 0 Å². The lowest BCUT2D eigenvalue weighted by Gasteiger charge is -2.33. The van der Waals surface area contributed by atoms with Gasteiger partial charge in [0.1, 0.15) is 18.5 Å². The second-order valence-electron chi connectivity index (χ2n) is 8.41. The number of halogens is 1. The lowest BCUT2D eigenvalue weighted by molar-refractivity contribution is -0.139. The molecule has 3 aromatic rings. The van der Waals surface area contributed by atoms with Gasteiger partial charge in [-0.2, -0.15) is 0 Å². The van der Waals surface area contributed by atoms with E-state index < -0.39 is 0 Å². The molecular weight excluding hydrogens is 474 g/mol. The molecule has 2 aromatic carbocycles. The molecule has 1 unspecified atom stereocenters. The maximum absolute atomic E-state index is 13.0. The monoisotopic (exact) mass is 501 g/mol. The Kier molecular flexibility index (Phi) is 8.08. The summed E-state index contributed by atoms with van der Waals surface area (Å²) in [7, 11) is 1.59. The summed E-state index contributed by atoms with van der Waals surface area (Å²) in [4.78, 5) is 26.1. The van der Waals surface area contributed by atoms with Gasteiger partial charge in [0.05, 0.1) is 26.7 Å². The Bertz CT molecular complexity index is 1180. The third-order valence-electron chi connectivity index (χ3n) is 5.87. The Labute approximate surface area is 208 Å². The second-order valence-corrected chi connectivity index (χ2v) is 9.76. The van der Waals surface area contributed by atoms with Crippen molar-refractivity contribution in [2.45, 2.75) is 32.3 Å². The van der Waals surface area contributed by atoms with Gasteiger partial charge in [0.15, 0.2) is 11.5 Å². The number of rotatable bonds is 9. The van der Waals surface area contributed by atoms with Crippen LogP contribution in [0.3, 0.4) is 0 Å². The number of amides is 1. The molecule has 4 rings (SSSR count). The van der Waals surface area contributed by atoms with Gasteiger partial charge < -0.3 is 23.9 Å². The van der Waals surface area contributed by atoms with E-state index in [1.165, 1.54) is 0 Å². The molecule has 180 valence electrons. The standard InChI is InChI=1S/C26H28ClNO5S/c1-17(29)3-4-18-5-7-23(24(11-18)31-2)33-15-21-14-28(9-10-32-21)26(30)12-19-16-34-25-8-6-20(27)13-22(19)25/h5-8,11,13,16,21H,3-4,9-10,12,14-15H2,1-2H3. The number of benzene rings is 2. The first kappa shape index (κ1) is 24.5. The number of fused-ring (bicyclic) bond motifs is 1. The number of Topliss-reactive ketones (excluding diaryl/α,β-unsaturated/α-hetero) is 1. The molecule has 1 fully saturated rings. The van der Waals surface area contributed by atoms with E-state index in [2.05, 4.69) is 0 Å². The fraction of sp³-hybridized carbons (Fsp3) is 0.385. The van der Waals surface area contributed by atoms with Gasteiger partial charge in [-0.1, -0.05) is 17.7 Å². The molecule has 0 spiro atoms. The Hall–Kier alpha value is -2.61. The van der Waals surface area contributed by atoms with Crippen LogP contribution in [0.15, 0.2) is 41.8 Å². The average molecular weight is 502 g/mol. The van der Waals surface area contributed by atoms with E-state index >= 15 is 0 Å². The predicted octanol–water partition coefficient (Wildman–Crippen LogP) is 4.93. The van der Waals surface area contributed by atoms with Crippen LogP contribution in [0.2, 0.25) is 5.02 Å². The third kappa shape index (κ3) is 6.09. The molecule has 1 aromatic heterocycles. The number of carbonyl (C=O) groups is 2. The van der Waals surface area contributed by atoms with Gasteiger partial charge in [0, 0.05) is 22.7 Å². The summed E-state index contributed by atoms with van der Waals surface area (Å²) in [6, 6.07) is 11.5. The molecule has 0 N–H and O–H groups in total. The Balaban J connectivity index is 1.34. The van der Waals surface area contributed by atoms with E-state index in [9.17, 15) is 9.59 Å². The number of morpholine rings is 1. The number of thiophene rings is 1. The quantitative estimate of drug-likeness (QED) is 0.416. The van der Waals surface area contributed by atoms with Gasteiger partial charge in [-0.25, -0.2) is 0 Å². The number of aryl methyl sites for hydroxylation is 1. The third-order valence-corrected chi connectivity index (χ3v) is 7.11. The van der Waals surface area contributed by atoms with Crippen molar-refractivity contribution in [1.29, 1.82) is 0 Å². The zero-order chi connectivity index (χ0) is 24.1. The Morgan fingerprint density at radius 1 is 1.21 bits per heavy atom. The Morgan fingerprint density at radius 3 is 2.85 bits per heavy atom. The van der Waals surface area contributed by atoms with Crippen LogP contribution in [0.5, 0.6) is 11.5 Å². The van der Waals surface area contributed by atoms with Crippen LogP contribution in [0.1, 0.15) is 24.5 Å². The summed E-state index contributed by atoms with van der Waals surface area (Å²) in [6.45, 7) is 3.40. The molecule has 8 heteroatoms. The SMILES string of the molecule is COc1cc(CCC(C)=O)ccc1OCC1CN(C(=O)Cc2csc3ccc(Cl)cc23)CCO1. The highest BCUT2D eigenvalue weighted by atomic mass is 35.5. The summed E-state index contributed by atoms with van der Waals surface area (Å²) in [5.41, 5.74) is 2.02. The minimum absolute atomic E-state index is 0.0698. The van der Waals surface area contributed by atoms with Gasteiger partial charge in [-0.05, 0) is 65.6 Å². The second kappa shape index (κ2) is 11.2. The van der Waals surface area contributed by atoms with Crippen LogP contribution < -0.4 is 9.47 Å². The zero-order valence-electron chi connectivity index (χ0n) is 19.3. The predicted molar refractivity (Wildman–Crippen MR) is 134 cm³/mol. The number of hydrogen-bond donors (Lipinski definition) is 0. The molecule has 0 bridgehead atoms. The van der Waals surface area contributed by atoms with Gasteiger partial charge in [-0.15, -0.1) is 11.3 Å². The average Bonchev–Trinajstić information content (AvgIpc) is 3.23. The highest BCUT2D eigenvalue weighted by molar-refractivity contribution is 7.17. The van der Waals surface area contributed by atoms with Gasteiger partial charge in [0.25, 0.3) is 0 Å². The van der Waals surface area contributed by atoms with Gasteiger partial charge in [0.2, 0.25) is 5.91 Å². The number of carbonyl (C=O) groups excluding carboxylic acids is 2. The summed E-state index contributed by atoms with van der Waals surface area (Å²) in [5, 5.41) is 3.75. The van der Waals surface area contributed by atoms with Crippen molar-refractivity contribution in [3.8, 4) is 11.5 Å². The fourth-order valence-corrected chi connectivity index (χ4v) is 5.12. The summed E-state index contributed by atoms with van der Waals surface area (Å²) < 4.78 is 18.4. The zero-order valence-corrected chi connectivity index (χ0v) is 20.9. The van der Waals surface area contributed by atoms with Crippen LogP contribution in [0, 0.1) is 0 Å². The maximum Gasteiger partial charge on any atom is 0.227 e. The molecular formula is C26H28ClNO5S. The summed E-state index contributed by atoms with van der Waals surface area (Å²) >= 11 is 7.78.